The first-order chi connectivity index (χ1) is 15.6. The zero-order chi connectivity index (χ0) is 21.9. The van der Waals surface area contributed by atoms with Crippen molar-refractivity contribution in [1.29, 1.82) is 0 Å². The van der Waals surface area contributed by atoms with Gasteiger partial charge in [-0.05, 0) is 50.0 Å². The second-order valence-electron chi connectivity index (χ2n) is 9.48. The maximum Gasteiger partial charge on any atom is 0.328 e. The Kier molecular flexibility index (Phi) is 4.40. The highest BCUT2D eigenvalue weighted by Gasteiger charge is 2.60. The molecule has 0 aliphatic carbocycles. The zero-order valence-corrected chi connectivity index (χ0v) is 18.4. The van der Waals surface area contributed by atoms with E-state index in [0.29, 0.717) is 13.0 Å². The summed E-state index contributed by atoms with van der Waals surface area (Å²) in [6, 6.07) is 17.8. The number of urea groups is 1. The van der Waals surface area contributed by atoms with Gasteiger partial charge in [0.05, 0.1) is 0 Å². The lowest BCUT2D eigenvalue weighted by Gasteiger charge is -2.42. The topological polar surface area (TPSA) is 59.7 Å². The fourth-order valence-corrected chi connectivity index (χ4v) is 5.89. The van der Waals surface area contributed by atoms with Gasteiger partial charge in [0.25, 0.3) is 5.91 Å². The molecular formula is C26H28N4O2. The number of hydrogen-bond acceptors (Lipinski definition) is 3. The number of aromatic nitrogens is 1. The van der Waals surface area contributed by atoms with Crippen LogP contribution in [-0.2, 0) is 11.2 Å². The molecule has 6 heteroatoms. The normalized spacial score (nSPS) is 25.6. The molecule has 2 aromatic carbocycles. The molecule has 3 aliphatic rings. The molecule has 0 spiro atoms. The number of likely N-dealkylation sites (tertiary alicyclic amines) is 1. The van der Waals surface area contributed by atoms with Crippen LogP contribution in [0, 0.1) is 0 Å². The second kappa shape index (κ2) is 7.20. The third kappa shape index (κ3) is 2.75. The van der Waals surface area contributed by atoms with Gasteiger partial charge in [0, 0.05) is 36.1 Å². The summed E-state index contributed by atoms with van der Waals surface area (Å²) in [5, 5.41) is 1.14. The second-order valence-corrected chi connectivity index (χ2v) is 9.48. The standard InChI is InChI=1S/C26H28N4O2/c1-26-17-20-19-11-5-6-12-21(19)27-22(20)23(18-9-3-2-4-10-18)30(26)25(32)29(24(26)31)16-15-28-13-7-8-14-28/h2-6,9-12,23,27H,7-8,13-17H2,1H3. The van der Waals surface area contributed by atoms with Crippen LogP contribution in [0.5, 0.6) is 0 Å². The number of nitrogens with one attached hydrogen (secondary N) is 1. The molecule has 6 nitrogen and oxygen atoms in total. The van der Waals surface area contributed by atoms with Gasteiger partial charge in [-0.25, -0.2) is 4.79 Å². The predicted molar refractivity (Wildman–Crippen MR) is 123 cm³/mol. The zero-order valence-electron chi connectivity index (χ0n) is 18.4. The fourth-order valence-electron chi connectivity index (χ4n) is 5.89. The number of amides is 3. The molecule has 32 heavy (non-hydrogen) atoms. The van der Waals surface area contributed by atoms with Crippen LogP contribution < -0.4 is 0 Å². The lowest BCUT2D eigenvalue weighted by atomic mass is 9.81. The Morgan fingerprint density at radius 3 is 2.47 bits per heavy atom. The molecule has 6 rings (SSSR count). The molecule has 2 unspecified atom stereocenters. The number of rotatable bonds is 4. The molecule has 0 saturated carbocycles. The maximum absolute atomic E-state index is 13.8. The van der Waals surface area contributed by atoms with Crippen molar-refractivity contribution in [2.24, 2.45) is 0 Å². The van der Waals surface area contributed by atoms with Crippen LogP contribution in [0.25, 0.3) is 10.9 Å². The van der Waals surface area contributed by atoms with Crippen molar-refractivity contribution in [2.45, 2.75) is 37.8 Å². The van der Waals surface area contributed by atoms with E-state index in [1.807, 2.05) is 42.2 Å². The molecule has 4 heterocycles. The molecule has 1 aromatic heterocycles. The van der Waals surface area contributed by atoms with Crippen molar-refractivity contribution >= 4 is 22.8 Å². The van der Waals surface area contributed by atoms with Crippen molar-refractivity contribution in [3.8, 4) is 0 Å². The van der Waals surface area contributed by atoms with Crippen LogP contribution in [0.2, 0.25) is 0 Å². The van der Waals surface area contributed by atoms with Gasteiger partial charge in [-0.15, -0.1) is 0 Å². The van der Waals surface area contributed by atoms with Crippen molar-refractivity contribution < 1.29 is 9.59 Å². The molecule has 0 radical (unpaired) electrons. The number of carbonyl (C=O) groups excluding carboxylic acids is 2. The first-order valence-electron chi connectivity index (χ1n) is 11.6. The average Bonchev–Trinajstić information content (AvgIpc) is 3.50. The first-order valence-corrected chi connectivity index (χ1v) is 11.6. The van der Waals surface area contributed by atoms with Crippen LogP contribution in [0.4, 0.5) is 4.79 Å². The molecule has 2 fully saturated rings. The highest BCUT2D eigenvalue weighted by atomic mass is 16.2. The number of imide groups is 1. The molecule has 164 valence electrons. The summed E-state index contributed by atoms with van der Waals surface area (Å²) >= 11 is 0. The third-order valence-electron chi connectivity index (χ3n) is 7.53. The Hall–Kier alpha value is -3.12. The summed E-state index contributed by atoms with van der Waals surface area (Å²) in [4.78, 5) is 36.8. The summed E-state index contributed by atoms with van der Waals surface area (Å²) in [6.07, 6.45) is 2.92. The van der Waals surface area contributed by atoms with Gasteiger partial charge in [0.2, 0.25) is 0 Å². The van der Waals surface area contributed by atoms with E-state index in [-0.39, 0.29) is 18.0 Å². The van der Waals surface area contributed by atoms with E-state index in [9.17, 15) is 9.59 Å². The van der Waals surface area contributed by atoms with Crippen molar-refractivity contribution in [1.82, 2.24) is 19.7 Å². The Balaban J connectivity index is 1.45. The van der Waals surface area contributed by atoms with Gasteiger partial charge in [-0.1, -0.05) is 48.5 Å². The van der Waals surface area contributed by atoms with Crippen LogP contribution in [0.15, 0.2) is 54.6 Å². The van der Waals surface area contributed by atoms with Gasteiger partial charge in [-0.2, -0.15) is 0 Å². The van der Waals surface area contributed by atoms with Gasteiger partial charge in [0.15, 0.2) is 0 Å². The first kappa shape index (κ1) is 19.6. The Labute approximate surface area is 187 Å². The van der Waals surface area contributed by atoms with Gasteiger partial charge in [0.1, 0.15) is 11.6 Å². The number of benzene rings is 2. The Morgan fingerprint density at radius 1 is 0.969 bits per heavy atom. The van der Waals surface area contributed by atoms with Crippen LogP contribution in [-0.4, -0.2) is 63.3 Å². The highest BCUT2D eigenvalue weighted by molar-refractivity contribution is 6.08. The van der Waals surface area contributed by atoms with Crippen LogP contribution in [0.1, 0.15) is 42.6 Å². The van der Waals surface area contributed by atoms with Gasteiger partial charge < -0.3 is 9.88 Å². The molecule has 1 N–H and O–H groups in total. The summed E-state index contributed by atoms with van der Waals surface area (Å²) < 4.78 is 0. The number of fused-ring (bicyclic) bond motifs is 4. The van der Waals surface area contributed by atoms with Gasteiger partial charge in [-0.3, -0.25) is 14.6 Å². The fraction of sp³-hybridized carbons (Fsp3) is 0.385. The van der Waals surface area contributed by atoms with E-state index < -0.39 is 5.54 Å². The summed E-state index contributed by atoms with van der Waals surface area (Å²) in [5.41, 5.74) is 3.36. The number of carbonyl (C=O) groups is 2. The number of nitrogens with zero attached hydrogens (tertiary/aromatic N) is 3. The number of H-pyrrole nitrogens is 1. The minimum absolute atomic E-state index is 0.0708. The van der Waals surface area contributed by atoms with Gasteiger partial charge >= 0.3 is 6.03 Å². The van der Waals surface area contributed by atoms with Crippen molar-refractivity contribution in [3.63, 3.8) is 0 Å². The third-order valence-corrected chi connectivity index (χ3v) is 7.53. The Bertz CT molecular complexity index is 1200. The lowest BCUT2D eigenvalue weighted by Crippen LogP contribution is -2.53. The van der Waals surface area contributed by atoms with E-state index in [2.05, 4.69) is 34.1 Å². The molecule has 0 bridgehead atoms. The van der Waals surface area contributed by atoms with E-state index in [1.54, 1.807) is 0 Å². The highest BCUT2D eigenvalue weighted by Crippen LogP contribution is 2.48. The molecule has 3 aliphatic heterocycles. The van der Waals surface area contributed by atoms with Crippen LogP contribution in [0.3, 0.4) is 0 Å². The largest absolute Gasteiger partial charge is 0.356 e. The lowest BCUT2D eigenvalue weighted by molar-refractivity contribution is -0.133. The summed E-state index contributed by atoms with van der Waals surface area (Å²) in [5.74, 6) is -0.0708. The minimum Gasteiger partial charge on any atom is -0.356 e. The Morgan fingerprint density at radius 2 is 1.69 bits per heavy atom. The molecule has 2 saturated heterocycles. The minimum atomic E-state index is -0.888. The smallest absolute Gasteiger partial charge is 0.328 e. The molecule has 2 atom stereocenters. The average molecular weight is 429 g/mol. The molecule has 3 aromatic rings. The van der Waals surface area contributed by atoms with E-state index in [4.69, 9.17) is 0 Å². The maximum atomic E-state index is 13.8. The summed E-state index contributed by atoms with van der Waals surface area (Å²) in [7, 11) is 0. The van der Waals surface area contributed by atoms with Crippen LogP contribution >= 0.6 is 0 Å². The van der Waals surface area contributed by atoms with Crippen molar-refractivity contribution in [2.75, 3.05) is 26.2 Å². The van der Waals surface area contributed by atoms with E-state index in [1.165, 1.54) is 17.7 Å². The van der Waals surface area contributed by atoms with E-state index >= 15 is 0 Å². The monoisotopic (exact) mass is 428 g/mol. The number of hydrogen-bond donors (Lipinski definition) is 1. The number of para-hydroxylation sites is 1. The quantitative estimate of drug-likeness (QED) is 0.641. The summed E-state index contributed by atoms with van der Waals surface area (Å²) in [6.45, 7) is 5.27. The van der Waals surface area contributed by atoms with Crippen molar-refractivity contribution in [3.05, 3.63) is 71.4 Å². The van der Waals surface area contributed by atoms with E-state index in [0.717, 1.165) is 47.4 Å². The predicted octanol–water partition coefficient (Wildman–Crippen LogP) is 3.93. The molecular weight excluding hydrogens is 400 g/mol. The molecule has 3 amide bonds. The SMILES string of the molecule is CC12Cc3c([nH]c4ccccc34)C(c3ccccc3)N1C(=O)N(CCN1CCCC1)C2=O. The number of aromatic amines is 1.